The van der Waals surface area contributed by atoms with Crippen LogP contribution in [0.2, 0.25) is 0 Å². The smallest absolute Gasteiger partial charge is 0.385 e. The summed E-state index contributed by atoms with van der Waals surface area (Å²) in [6.45, 7) is 0. The molecule has 2 heterocycles. The Morgan fingerprint density at radius 1 is 1.05 bits per heavy atom. The monoisotopic (exact) mass is 543 g/mol. The maximum Gasteiger partial charge on any atom is 0.491 e. The molecule has 4 aromatic rings. The highest BCUT2D eigenvalue weighted by molar-refractivity contribution is 7.21. The van der Waals surface area contributed by atoms with Gasteiger partial charge in [-0.1, -0.05) is 47.7 Å². The van der Waals surface area contributed by atoms with Gasteiger partial charge in [0.2, 0.25) is 0 Å². The number of hydrogen-bond acceptors (Lipinski definition) is 7. The number of benzene rings is 2. The van der Waals surface area contributed by atoms with Gasteiger partial charge in [-0.25, -0.2) is 23.9 Å². The van der Waals surface area contributed by atoms with Crippen LogP contribution in [0.5, 0.6) is 0 Å². The van der Waals surface area contributed by atoms with Gasteiger partial charge in [-0.2, -0.15) is 13.2 Å². The Labute approximate surface area is 218 Å². The van der Waals surface area contributed by atoms with Crippen molar-refractivity contribution >= 4 is 33.6 Å². The highest BCUT2D eigenvalue weighted by Gasteiger charge is 2.47. The summed E-state index contributed by atoms with van der Waals surface area (Å²) < 4.78 is 55.5. The predicted molar refractivity (Wildman–Crippen MR) is 133 cm³/mol. The molecule has 0 bridgehead atoms. The first kappa shape index (κ1) is 25.9. The molecule has 5 rings (SSSR count). The molecule has 0 saturated heterocycles. The van der Waals surface area contributed by atoms with E-state index in [1.165, 1.54) is 23.0 Å². The zero-order chi connectivity index (χ0) is 27.1. The largest absolute Gasteiger partial charge is 0.491 e. The van der Waals surface area contributed by atoms with E-state index >= 15 is 4.39 Å². The van der Waals surface area contributed by atoms with Gasteiger partial charge in [0.25, 0.3) is 0 Å². The number of ether oxygens (including phenoxy) is 1. The van der Waals surface area contributed by atoms with E-state index < -0.39 is 30.0 Å². The zero-order valence-corrected chi connectivity index (χ0v) is 20.6. The molecular weight excluding hydrogens is 522 g/mol. The molecule has 2 aromatic carbocycles. The van der Waals surface area contributed by atoms with E-state index in [1.807, 2.05) is 30.3 Å². The summed E-state index contributed by atoms with van der Waals surface area (Å²) in [6.07, 6.45) is -3.33. The molecule has 0 radical (unpaired) electrons. The molecule has 6 nitrogen and oxygen atoms in total. The number of alkyl halides is 3. The SMILES string of the molecule is N[C@@H](CCc1ccc(-c2nc3ccc(C4(c5ccccc5)CC4)nc3s2)c(F)c1)C(=O)OC(=O)C(F)(F)F. The predicted octanol–water partition coefficient (Wildman–Crippen LogP) is 5.47. The number of fused-ring (bicyclic) bond motifs is 1. The van der Waals surface area contributed by atoms with E-state index in [1.54, 1.807) is 12.1 Å². The average molecular weight is 544 g/mol. The summed E-state index contributed by atoms with van der Waals surface area (Å²) in [5, 5.41) is 0.462. The first-order valence-corrected chi connectivity index (χ1v) is 12.6. The summed E-state index contributed by atoms with van der Waals surface area (Å²) in [4.78, 5) is 32.5. The van der Waals surface area contributed by atoms with Crippen LogP contribution in [0.4, 0.5) is 17.6 Å². The van der Waals surface area contributed by atoms with Crippen molar-refractivity contribution in [1.29, 1.82) is 0 Å². The fourth-order valence-corrected chi connectivity index (χ4v) is 5.29. The maximum absolute atomic E-state index is 15.0. The van der Waals surface area contributed by atoms with Gasteiger partial charge in [-0.15, -0.1) is 0 Å². The average Bonchev–Trinajstić information content (AvgIpc) is 3.60. The Bertz CT molecular complexity index is 1520. The van der Waals surface area contributed by atoms with Crippen molar-refractivity contribution in [2.75, 3.05) is 0 Å². The Kier molecular flexibility index (Phi) is 6.74. The van der Waals surface area contributed by atoms with Gasteiger partial charge in [0.05, 0.1) is 5.69 Å². The van der Waals surface area contributed by atoms with E-state index in [9.17, 15) is 22.8 Å². The molecule has 2 N–H and O–H groups in total. The summed E-state index contributed by atoms with van der Waals surface area (Å²) in [5.41, 5.74) is 9.04. The van der Waals surface area contributed by atoms with Gasteiger partial charge in [0, 0.05) is 11.0 Å². The van der Waals surface area contributed by atoms with Gasteiger partial charge in [0.1, 0.15) is 27.2 Å². The number of carbonyl (C=O) groups excluding carboxylic acids is 2. The van der Waals surface area contributed by atoms with E-state index in [0.717, 1.165) is 18.5 Å². The molecule has 2 aromatic heterocycles. The van der Waals surface area contributed by atoms with E-state index in [2.05, 4.69) is 21.9 Å². The lowest BCUT2D eigenvalue weighted by molar-refractivity contribution is -0.202. The normalized spacial score (nSPS) is 15.3. The minimum atomic E-state index is -5.30. The number of hydrogen-bond donors (Lipinski definition) is 1. The molecule has 1 fully saturated rings. The van der Waals surface area contributed by atoms with Crippen molar-refractivity contribution in [3.05, 3.63) is 83.3 Å². The highest BCUT2D eigenvalue weighted by atomic mass is 32.1. The quantitative estimate of drug-likeness (QED) is 0.189. The Morgan fingerprint density at radius 3 is 2.45 bits per heavy atom. The van der Waals surface area contributed by atoms with Gasteiger partial charge < -0.3 is 10.5 Å². The first-order valence-electron chi connectivity index (χ1n) is 11.8. The van der Waals surface area contributed by atoms with E-state index in [-0.39, 0.29) is 23.8 Å². The van der Waals surface area contributed by atoms with Crippen molar-refractivity contribution in [2.45, 2.75) is 43.3 Å². The first-order chi connectivity index (χ1) is 18.1. The number of nitrogens with two attached hydrogens (primary N) is 1. The Balaban J connectivity index is 1.29. The standard InChI is InChI=1S/C27H21F4N3O3S/c28-18-14-15(7-9-19(32)24(35)37-25(36)27(29,30)31)6-8-17(18)22-33-20-10-11-21(34-23(20)38-22)26(12-13-26)16-4-2-1-3-5-16/h1-6,8,10-11,14,19H,7,9,12-13,32H2/t19-/m0/s1. The molecule has 1 aliphatic rings. The lowest BCUT2D eigenvalue weighted by Crippen LogP contribution is -2.37. The van der Waals surface area contributed by atoms with Gasteiger partial charge in [-0.05, 0) is 61.1 Å². The third kappa shape index (κ3) is 5.16. The van der Waals surface area contributed by atoms with Gasteiger partial charge in [-0.3, -0.25) is 0 Å². The number of pyridine rings is 1. The molecule has 0 spiro atoms. The number of thiazole rings is 1. The molecule has 0 aliphatic heterocycles. The minimum Gasteiger partial charge on any atom is -0.385 e. The van der Waals surface area contributed by atoms with Crippen LogP contribution in [0.15, 0.2) is 60.7 Å². The molecule has 1 atom stereocenters. The van der Waals surface area contributed by atoms with E-state index in [4.69, 9.17) is 10.7 Å². The topological polar surface area (TPSA) is 95.2 Å². The second kappa shape index (κ2) is 9.88. The van der Waals surface area contributed by atoms with Crippen molar-refractivity contribution in [3.8, 4) is 10.6 Å². The summed E-state index contributed by atoms with van der Waals surface area (Å²) in [5.74, 6) is -4.67. The van der Waals surface area contributed by atoms with Crippen LogP contribution in [0.25, 0.3) is 20.9 Å². The third-order valence-corrected chi connectivity index (χ3v) is 7.56. The number of halogens is 4. The van der Waals surface area contributed by atoms with Crippen LogP contribution in [0.1, 0.15) is 36.1 Å². The Morgan fingerprint density at radius 2 is 1.79 bits per heavy atom. The number of nitrogens with zero attached hydrogens (tertiary/aromatic N) is 2. The molecule has 11 heteroatoms. The second-order valence-electron chi connectivity index (χ2n) is 9.15. The number of carbonyl (C=O) groups is 2. The number of esters is 2. The van der Waals surface area contributed by atoms with Crippen molar-refractivity contribution in [1.82, 2.24) is 9.97 Å². The molecule has 0 amide bonds. The highest BCUT2D eigenvalue weighted by Crippen LogP contribution is 2.53. The lowest BCUT2D eigenvalue weighted by atomic mass is 9.92. The molecule has 38 heavy (non-hydrogen) atoms. The van der Waals surface area contributed by atoms with Crippen LogP contribution in [0, 0.1) is 5.82 Å². The summed E-state index contributed by atoms with van der Waals surface area (Å²) in [6, 6.07) is 17.0. The molecule has 1 aliphatic carbocycles. The maximum atomic E-state index is 15.0. The number of aryl methyl sites for hydroxylation is 1. The van der Waals surface area contributed by atoms with Crippen LogP contribution in [-0.2, 0) is 26.2 Å². The minimum absolute atomic E-state index is 0.0833. The van der Waals surface area contributed by atoms with E-state index in [0.29, 0.717) is 20.9 Å². The second-order valence-corrected chi connectivity index (χ2v) is 10.1. The molecule has 196 valence electrons. The van der Waals surface area contributed by atoms with Crippen LogP contribution in [0.3, 0.4) is 0 Å². The van der Waals surface area contributed by atoms with Crippen molar-refractivity contribution in [3.63, 3.8) is 0 Å². The van der Waals surface area contributed by atoms with Gasteiger partial charge in [0.15, 0.2) is 0 Å². The van der Waals surface area contributed by atoms with Crippen LogP contribution < -0.4 is 5.73 Å². The fraction of sp³-hybridized carbons (Fsp3) is 0.259. The van der Waals surface area contributed by atoms with Gasteiger partial charge >= 0.3 is 18.1 Å². The number of aromatic nitrogens is 2. The molecule has 0 unspecified atom stereocenters. The van der Waals surface area contributed by atoms with Crippen LogP contribution >= 0.6 is 11.3 Å². The summed E-state index contributed by atoms with van der Waals surface area (Å²) in [7, 11) is 0. The van der Waals surface area contributed by atoms with Crippen molar-refractivity contribution in [2.24, 2.45) is 5.73 Å². The third-order valence-electron chi connectivity index (χ3n) is 6.56. The van der Waals surface area contributed by atoms with Crippen molar-refractivity contribution < 1.29 is 31.9 Å². The summed E-state index contributed by atoms with van der Waals surface area (Å²) >= 11 is 1.29. The zero-order valence-electron chi connectivity index (χ0n) is 19.8. The molecular formula is C27H21F4N3O3S. The lowest BCUT2D eigenvalue weighted by Gasteiger charge is -2.14. The number of rotatable bonds is 7. The Hall–Kier alpha value is -3.70. The molecule has 1 saturated carbocycles. The van der Waals surface area contributed by atoms with Crippen LogP contribution in [-0.4, -0.2) is 34.1 Å². The fourth-order valence-electron chi connectivity index (χ4n) is 4.33.